The van der Waals surface area contributed by atoms with Gasteiger partial charge in [-0.25, -0.2) is 15.0 Å². The number of benzene rings is 9. The molecule has 0 saturated carbocycles. The molecule has 0 spiro atoms. The normalized spacial score (nSPS) is 11.3. The number of fused-ring (bicyclic) bond motifs is 3. The van der Waals surface area contributed by atoms with E-state index in [4.69, 9.17) is 15.0 Å². The minimum Gasteiger partial charge on any atom is -0.208 e. The van der Waals surface area contributed by atoms with Gasteiger partial charge in [0.2, 0.25) is 0 Å². The fraction of sp³-hybridized carbons (Fsp3) is 0. The van der Waals surface area contributed by atoms with Crippen molar-refractivity contribution in [2.45, 2.75) is 0 Å². The van der Waals surface area contributed by atoms with Gasteiger partial charge in [-0.15, -0.1) is 0 Å². The minimum absolute atomic E-state index is 0.632. The highest BCUT2D eigenvalue weighted by Crippen LogP contribution is 2.39. The summed E-state index contributed by atoms with van der Waals surface area (Å²) < 4.78 is 0. The summed E-state index contributed by atoms with van der Waals surface area (Å²) in [5, 5.41) is 7.16. The second kappa shape index (κ2) is 13.4. The lowest BCUT2D eigenvalue weighted by atomic mass is 9.92. The predicted octanol–water partition coefficient (Wildman–Crippen LogP) is 13.3. The fourth-order valence-corrected chi connectivity index (χ4v) is 7.59. The lowest BCUT2D eigenvalue weighted by Crippen LogP contribution is -2.01. The largest absolute Gasteiger partial charge is 0.208 e. The molecule has 54 heavy (non-hydrogen) atoms. The first-order valence-electron chi connectivity index (χ1n) is 18.3. The summed E-state index contributed by atoms with van der Waals surface area (Å²) in [4.78, 5) is 15.5. The maximum Gasteiger partial charge on any atom is 0.164 e. The van der Waals surface area contributed by atoms with Crippen molar-refractivity contribution in [2.24, 2.45) is 0 Å². The van der Waals surface area contributed by atoms with E-state index >= 15 is 0 Å². The number of hydrogen-bond donors (Lipinski definition) is 0. The van der Waals surface area contributed by atoms with E-state index in [9.17, 15) is 0 Å². The fourth-order valence-electron chi connectivity index (χ4n) is 7.59. The van der Waals surface area contributed by atoms with Gasteiger partial charge in [0.05, 0.1) is 0 Å². The molecule has 0 amide bonds. The Labute approximate surface area is 313 Å². The molecule has 10 rings (SSSR count). The lowest BCUT2D eigenvalue weighted by molar-refractivity contribution is 1.08. The van der Waals surface area contributed by atoms with Crippen LogP contribution in [0.2, 0.25) is 0 Å². The molecule has 0 radical (unpaired) electrons. The van der Waals surface area contributed by atoms with Crippen molar-refractivity contribution in [3.8, 4) is 67.5 Å². The Kier molecular flexibility index (Phi) is 7.81. The van der Waals surface area contributed by atoms with Crippen molar-refractivity contribution in [2.75, 3.05) is 0 Å². The van der Waals surface area contributed by atoms with Crippen LogP contribution >= 0.6 is 0 Å². The average Bonchev–Trinajstić information content (AvgIpc) is 3.26. The molecule has 0 atom stereocenters. The lowest BCUT2D eigenvalue weighted by Gasteiger charge is -2.14. The van der Waals surface area contributed by atoms with Crippen molar-refractivity contribution in [3.63, 3.8) is 0 Å². The molecule has 1 heterocycles. The van der Waals surface area contributed by atoms with Crippen LogP contribution < -0.4 is 0 Å². The molecule has 252 valence electrons. The molecule has 3 nitrogen and oxygen atoms in total. The molecule has 0 saturated heterocycles. The van der Waals surface area contributed by atoms with E-state index in [2.05, 4.69) is 194 Å². The number of rotatable bonds is 6. The predicted molar refractivity (Wildman–Crippen MR) is 225 cm³/mol. The Bertz CT molecular complexity index is 2980. The first kappa shape index (κ1) is 31.5. The van der Waals surface area contributed by atoms with Crippen molar-refractivity contribution >= 4 is 32.3 Å². The van der Waals surface area contributed by atoms with E-state index in [-0.39, 0.29) is 0 Å². The quantitative estimate of drug-likeness (QED) is 0.175. The van der Waals surface area contributed by atoms with E-state index in [0.29, 0.717) is 17.5 Å². The molecule has 0 unspecified atom stereocenters. The molecular formula is C51H33N3. The van der Waals surface area contributed by atoms with E-state index in [1.165, 1.54) is 38.2 Å². The molecule has 0 fully saturated rings. The third kappa shape index (κ3) is 5.78. The van der Waals surface area contributed by atoms with Gasteiger partial charge >= 0.3 is 0 Å². The molecular weight excluding hydrogens is 655 g/mol. The zero-order chi connectivity index (χ0) is 35.8. The van der Waals surface area contributed by atoms with E-state index in [1.54, 1.807) is 0 Å². The summed E-state index contributed by atoms with van der Waals surface area (Å²) >= 11 is 0. The van der Waals surface area contributed by atoms with Crippen molar-refractivity contribution in [1.82, 2.24) is 15.0 Å². The van der Waals surface area contributed by atoms with Crippen LogP contribution in [0.1, 0.15) is 0 Å². The molecule has 1 aromatic heterocycles. The van der Waals surface area contributed by atoms with Gasteiger partial charge < -0.3 is 0 Å². The van der Waals surface area contributed by atoms with Gasteiger partial charge in [0.1, 0.15) is 0 Å². The second-order valence-electron chi connectivity index (χ2n) is 13.6. The van der Waals surface area contributed by atoms with Crippen molar-refractivity contribution in [1.29, 1.82) is 0 Å². The number of hydrogen-bond acceptors (Lipinski definition) is 3. The molecule has 0 bridgehead atoms. The SMILES string of the molecule is c1ccc(-c2cccc(-c3nc(-c4ccc(-c5ccc6ccccc6c5)cc4)nc(-c4ccc(-c5cccc6ccccc56)c5ccccc45)n3)c2)cc1. The molecule has 0 aliphatic carbocycles. The smallest absolute Gasteiger partial charge is 0.164 e. The van der Waals surface area contributed by atoms with Gasteiger partial charge in [-0.2, -0.15) is 0 Å². The standard InChI is InChI=1S/C51H33N3/c1-2-12-34(13-3-1)40-18-10-19-42(33-40)50-52-49(38-27-24-36(25-28-38)41-29-26-35-14-4-5-16-39(35)32-41)53-51(54-50)48-31-30-47(45-21-8-9-22-46(45)48)44-23-11-17-37-15-6-7-20-43(37)44/h1-33H. The molecule has 0 aliphatic heterocycles. The van der Waals surface area contributed by atoms with Gasteiger partial charge in [0.15, 0.2) is 17.5 Å². The van der Waals surface area contributed by atoms with Gasteiger partial charge in [0.25, 0.3) is 0 Å². The van der Waals surface area contributed by atoms with Gasteiger partial charge in [0, 0.05) is 16.7 Å². The highest BCUT2D eigenvalue weighted by molar-refractivity contribution is 6.09. The number of nitrogens with zero attached hydrogens (tertiary/aromatic N) is 3. The van der Waals surface area contributed by atoms with Crippen LogP contribution in [0.3, 0.4) is 0 Å². The second-order valence-corrected chi connectivity index (χ2v) is 13.6. The van der Waals surface area contributed by atoms with Crippen LogP contribution in [-0.4, -0.2) is 15.0 Å². The first-order chi connectivity index (χ1) is 26.7. The summed E-state index contributed by atoms with van der Waals surface area (Å²) in [6.45, 7) is 0. The van der Waals surface area contributed by atoms with E-state index < -0.39 is 0 Å². The summed E-state index contributed by atoms with van der Waals surface area (Å²) in [7, 11) is 0. The van der Waals surface area contributed by atoms with Crippen molar-refractivity contribution in [3.05, 3.63) is 200 Å². The Balaban J connectivity index is 1.13. The monoisotopic (exact) mass is 687 g/mol. The Morgan fingerprint density at radius 1 is 0.222 bits per heavy atom. The topological polar surface area (TPSA) is 38.7 Å². The Morgan fingerprint density at radius 3 is 1.52 bits per heavy atom. The van der Waals surface area contributed by atoms with Crippen LogP contribution in [0, 0.1) is 0 Å². The molecule has 0 aliphatic rings. The highest BCUT2D eigenvalue weighted by Gasteiger charge is 2.17. The summed E-state index contributed by atoms with van der Waals surface area (Å²) in [5.74, 6) is 1.90. The van der Waals surface area contributed by atoms with Crippen LogP contribution in [0.15, 0.2) is 200 Å². The van der Waals surface area contributed by atoms with Gasteiger partial charge in [-0.1, -0.05) is 182 Å². The third-order valence-electron chi connectivity index (χ3n) is 10.3. The van der Waals surface area contributed by atoms with E-state index in [0.717, 1.165) is 44.2 Å². The van der Waals surface area contributed by atoms with Gasteiger partial charge in [-0.05, 0) is 83.9 Å². The Morgan fingerprint density at radius 2 is 0.704 bits per heavy atom. The summed E-state index contributed by atoms with van der Waals surface area (Å²) in [6, 6.07) is 70.6. The molecule has 3 heteroatoms. The molecule has 0 N–H and O–H groups in total. The zero-order valence-electron chi connectivity index (χ0n) is 29.4. The highest BCUT2D eigenvalue weighted by atomic mass is 15.0. The summed E-state index contributed by atoms with van der Waals surface area (Å²) in [6.07, 6.45) is 0. The minimum atomic E-state index is 0.632. The van der Waals surface area contributed by atoms with Crippen LogP contribution in [0.25, 0.3) is 99.9 Å². The average molecular weight is 688 g/mol. The van der Waals surface area contributed by atoms with Crippen LogP contribution in [-0.2, 0) is 0 Å². The zero-order valence-corrected chi connectivity index (χ0v) is 29.4. The summed E-state index contributed by atoms with van der Waals surface area (Å²) in [5.41, 5.74) is 9.79. The number of aromatic nitrogens is 3. The van der Waals surface area contributed by atoms with Crippen LogP contribution in [0.4, 0.5) is 0 Å². The maximum atomic E-state index is 5.21. The first-order valence-corrected chi connectivity index (χ1v) is 18.3. The Hall–Kier alpha value is -7.23. The molecule has 9 aromatic carbocycles. The van der Waals surface area contributed by atoms with Gasteiger partial charge in [-0.3, -0.25) is 0 Å². The van der Waals surface area contributed by atoms with Crippen LogP contribution in [0.5, 0.6) is 0 Å². The third-order valence-corrected chi connectivity index (χ3v) is 10.3. The van der Waals surface area contributed by atoms with E-state index in [1.807, 2.05) is 6.07 Å². The van der Waals surface area contributed by atoms with Crippen molar-refractivity contribution < 1.29 is 0 Å². The molecule has 10 aromatic rings. The maximum absolute atomic E-state index is 5.21.